The lowest BCUT2D eigenvalue weighted by molar-refractivity contribution is 0.253. The standard InChI is InChI=1S/C17H29N3/c1-4-5-10-20-11-6-7-16(20)15-8-9-17(19-13-15)18-12-14(2)3/h8-9,13-14,16H,4-7,10-12H2,1-3H3,(H,18,19)/t16-/m0/s1. The lowest BCUT2D eigenvalue weighted by Crippen LogP contribution is -2.24. The van der Waals surface area contributed by atoms with E-state index in [-0.39, 0.29) is 0 Å². The Morgan fingerprint density at radius 1 is 1.40 bits per heavy atom. The first kappa shape index (κ1) is 15.3. The van der Waals surface area contributed by atoms with Crippen molar-refractivity contribution in [2.24, 2.45) is 5.92 Å². The molecule has 1 aliphatic rings. The molecule has 0 saturated carbocycles. The quantitative estimate of drug-likeness (QED) is 0.812. The highest BCUT2D eigenvalue weighted by molar-refractivity contribution is 5.36. The molecule has 0 spiro atoms. The average Bonchev–Trinajstić information content (AvgIpc) is 2.91. The van der Waals surface area contributed by atoms with Crippen LogP contribution in [-0.4, -0.2) is 29.5 Å². The van der Waals surface area contributed by atoms with E-state index in [4.69, 9.17) is 0 Å². The van der Waals surface area contributed by atoms with Crippen LogP contribution in [0.15, 0.2) is 18.3 Å². The van der Waals surface area contributed by atoms with Crippen LogP contribution in [0.1, 0.15) is 58.1 Å². The van der Waals surface area contributed by atoms with E-state index in [1.165, 1.54) is 44.3 Å². The van der Waals surface area contributed by atoms with Crippen LogP contribution < -0.4 is 5.32 Å². The summed E-state index contributed by atoms with van der Waals surface area (Å²) in [7, 11) is 0. The Morgan fingerprint density at radius 3 is 2.90 bits per heavy atom. The molecule has 0 bridgehead atoms. The van der Waals surface area contributed by atoms with Crippen molar-refractivity contribution in [2.75, 3.05) is 25.0 Å². The van der Waals surface area contributed by atoms with Crippen LogP contribution in [0.25, 0.3) is 0 Å². The molecule has 1 saturated heterocycles. The van der Waals surface area contributed by atoms with E-state index >= 15 is 0 Å². The van der Waals surface area contributed by atoms with Gasteiger partial charge in [-0.05, 0) is 49.9 Å². The second-order valence-corrected chi connectivity index (χ2v) is 6.30. The van der Waals surface area contributed by atoms with E-state index in [0.717, 1.165) is 12.4 Å². The van der Waals surface area contributed by atoms with E-state index in [9.17, 15) is 0 Å². The predicted molar refractivity (Wildman–Crippen MR) is 86.0 cm³/mol. The van der Waals surface area contributed by atoms with E-state index < -0.39 is 0 Å². The van der Waals surface area contributed by atoms with Crippen LogP contribution in [-0.2, 0) is 0 Å². The lowest BCUT2D eigenvalue weighted by Gasteiger charge is -2.24. The summed E-state index contributed by atoms with van der Waals surface area (Å²) in [6.45, 7) is 10.2. The van der Waals surface area contributed by atoms with Gasteiger partial charge in [0.2, 0.25) is 0 Å². The molecule has 0 amide bonds. The summed E-state index contributed by atoms with van der Waals surface area (Å²) in [5.41, 5.74) is 1.38. The molecule has 2 rings (SSSR count). The Balaban J connectivity index is 1.94. The molecule has 1 N–H and O–H groups in total. The van der Waals surface area contributed by atoms with Gasteiger partial charge >= 0.3 is 0 Å². The molecule has 20 heavy (non-hydrogen) atoms. The molecule has 0 unspecified atom stereocenters. The largest absolute Gasteiger partial charge is 0.370 e. The molecule has 1 aromatic heterocycles. The van der Waals surface area contributed by atoms with Gasteiger partial charge in [0.25, 0.3) is 0 Å². The van der Waals surface area contributed by atoms with Gasteiger partial charge in [-0.3, -0.25) is 4.90 Å². The fourth-order valence-electron chi connectivity index (χ4n) is 2.85. The normalized spacial score (nSPS) is 19.7. The van der Waals surface area contributed by atoms with Crippen molar-refractivity contribution in [3.05, 3.63) is 23.9 Å². The minimum atomic E-state index is 0.591. The zero-order chi connectivity index (χ0) is 14.4. The van der Waals surface area contributed by atoms with Crippen molar-refractivity contribution < 1.29 is 0 Å². The number of hydrogen-bond donors (Lipinski definition) is 1. The SMILES string of the molecule is CCCCN1CCC[C@H]1c1ccc(NCC(C)C)nc1. The van der Waals surface area contributed by atoms with Gasteiger partial charge in [-0.15, -0.1) is 0 Å². The van der Waals surface area contributed by atoms with Gasteiger partial charge in [-0.2, -0.15) is 0 Å². The Labute approximate surface area is 123 Å². The van der Waals surface area contributed by atoms with Crippen LogP contribution in [0.4, 0.5) is 5.82 Å². The van der Waals surface area contributed by atoms with Crippen LogP contribution in [0, 0.1) is 5.92 Å². The average molecular weight is 275 g/mol. The first-order valence-electron chi connectivity index (χ1n) is 8.14. The fourth-order valence-corrected chi connectivity index (χ4v) is 2.85. The summed E-state index contributed by atoms with van der Waals surface area (Å²) >= 11 is 0. The number of likely N-dealkylation sites (tertiary alicyclic amines) is 1. The Hall–Kier alpha value is -1.09. The van der Waals surface area contributed by atoms with Gasteiger partial charge in [0.15, 0.2) is 0 Å². The molecule has 0 aliphatic carbocycles. The third kappa shape index (κ3) is 4.20. The van der Waals surface area contributed by atoms with E-state index in [1.807, 2.05) is 0 Å². The number of rotatable bonds is 7. The van der Waals surface area contributed by atoms with Gasteiger partial charge in [0.1, 0.15) is 5.82 Å². The van der Waals surface area contributed by atoms with Crippen molar-refractivity contribution in [1.29, 1.82) is 0 Å². The minimum absolute atomic E-state index is 0.591. The number of anilines is 1. The number of pyridine rings is 1. The molecule has 0 radical (unpaired) electrons. The summed E-state index contributed by atoms with van der Waals surface area (Å²) in [6, 6.07) is 4.98. The Kier molecular flexibility index (Phi) is 5.84. The van der Waals surface area contributed by atoms with Gasteiger partial charge in [0.05, 0.1) is 0 Å². The maximum Gasteiger partial charge on any atom is 0.125 e. The van der Waals surface area contributed by atoms with Crippen LogP contribution >= 0.6 is 0 Å². The first-order chi connectivity index (χ1) is 9.70. The van der Waals surface area contributed by atoms with Crippen molar-refractivity contribution >= 4 is 5.82 Å². The van der Waals surface area contributed by atoms with Crippen LogP contribution in [0.5, 0.6) is 0 Å². The van der Waals surface area contributed by atoms with Gasteiger partial charge in [-0.25, -0.2) is 4.98 Å². The van der Waals surface area contributed by atoms with Gasteiger partial charge in [0, 0.05) is 18.8 Å². The predicted octanol–water partition coefficient (Wildman–Crippen LogP) is 4.09. The van der Waals surface area contributed by atoms with Crippen molar-refractivity contribution in [1.82, 2.24) is 9.88 Å². The first-order valence-corrected chi connectivity index (χ1v) is 8.14. The Morgan fingerprint density at radius 2 is 2.25 bits per heavy atom. The number of unbranched alkanes of at least 4 members (excludes halogenated alkanes) is 1. The van der Waals surface area contributed by atoms with Crippen LogP contribution in [0.3, 0.4) is 0 Å². The third-order valence-corrected chi connectivity index (χ3v) is 4.03. The zero-order valence-corrected chi connectivity index (χ0v) is 13.2. The number of aromatic nitrogens is 1. The minimum Gasteiger partial charge on any atom is -0.370 e. The highest BCUT2D eigenvalue weighted by atomic mass is 15.2. The van der Waals surface area contributed by atoms with E-state index in [0.29, 0.717) is 12.0 Å². The van der Waals surface area contributed by atoms with E-state index in [2.05, 4.69) is 54.3 Å². The summed E-state index contributed by atoms with van der Waals surface area (Å²) in [5.74, 6) is 1.65. The highest BCUT2D eigenvalue weighted by Gasteiger charge is 2.25. The summed E-state index contributed by atoms with van der Waals surface area (Å²) in [4.78, 5) is 7.20. The molecule has 1 aromatic rings. The highest BCUT2D eigenvalue weighted by Crippen LogP contribution is 2.31. The van der Waals surface area contributed by atoms with Gasteiger partial charge < -0.3 is 5.32 Å². The number of nitrogens with zero attached hydrogens (tertiary/aromatic N) is 2. The van der Waals surface area contributed by atoms with Gasteiger partial charge in [-0.1, -0.05) is 33.3 Å². The van der Waals surface area contributed by atoms with Crippen molar-refractivity contribution in [3.8, 4) is 0 Å². The van der Waals surface area contributed by atoms with Crippen molar-refractivity contribution in [3.63, 3.8) is 0 Å². The molecule has 3 heteroatoms. The second-order valence-electron chi connectivity index (χ2n) is 6.30. The molecular formula is C17H29N3. The molecule has 112 valence electrons. The fraction of sp³-hybridized carbons (Fsp3) is 0.706. The summed E-state index contributed by atoms with van der Waals surface area (Å²) < 4.78 is 0. The molecular weight excluding hydrogens is 246 g/mol. The van der Waals surface area contributed by atoms with Crippen LogP contribution in [0.2, 0.25) is 0 Å². The third-order valence-electron chi connectivity index (χ3n) is 4.03. The smallest absolute Gasteiger partial charge is 0.125 e. The van der Waals surface area contributed by atoms with E-state index in [1.54, 1.807) is 0 Å². The maximum atomic E-state index is 4.57. The molecule has 2 heterocycles. The zero-order valence-electron chi connectivity index (χ0n) is 13.2. The molecule has 1 fully saturated rings. The summed E-state index contributed by atoms with van der Waals surface area (Å²) in [5, 5.41) is 3.38. The van der Waals surface area contributed by atoms with Crippen molar-refractivity contribution in [2.45, 2.75) is 52.5 Å². The molecule has 3 nitrogen and oxygen atoms in total. The lowest BCUT2D eigenvalue weighted by atomic mass is 10.1. The molecule has 1 atom stereocenters. The molecule has 1 aliphatic heterocycles. The second kappa shape index (κ2) is 7.63. The Bertz CT molecular complexity index is 386. The maximum absolute atomic E-state index is 4.57. The topological polar surface area (TPSA) is 28.2 Å². The molecule has 0 aromatic carbocycles. The number of hydrogen-bond acceptors (Lipinski definition) is 3. The monoisotopic (exact) mass is 275 g/mol. The summed E-state index contributed by atoms with van der Waals surface area (Å²) in [6.07, 6.45) is 7.25. The number of nitrogens with one attached hydrogen (secondary N) is 1.